The third kappa shape index (κ3) is 5.70. The molecule has 2 N–H and O–H groups in total. The van der Waals surface area contributed by atoms with Crippen molar-refractivity contribution < 1.29 is 19.4 Å². The van der Waals surface area contributed by atoms with Crippen LogP contribution < -0.4 is 10.1 Å². The average molecular weight is 454 g/mol. The van der Waals surface area contributed by atoms with Gasteiger partial charge in [0.1, 0.15) is 11.8 Å². The van der Waals surface area contributed by atoms with E-state index in [9.17, 15) is 14.7 Å². The number of thioether (sulfide) groups is 1. The maximum Gasteiger partial charge on any atom is 0.326 e. The van der Waals surface area contributed by atoms with Crippen molar-refractivity contribution in [3.05, 3.63) is 77.4 Å². The summed E-state index contributed by atoms with van der Waals surface area (Å²) in [6.45, 7) is 0. The highest BCUT2D eigenvalue weighted by Gasteiger charge is 2.17. The van der Waals surface area contributed by atoms with Crippen LogP contribution in [0, 0.1) is 0 Å². The lowest BCUT2D eigenvalue weighted by atomic mass is 10.1. The minimum atomic E-state index is -0.874. The fourth-order valence-electron chi connectivity index (χ4n) is 3.34. The van der Waals surface area contributed by atoms with Gasteiger partial charge < -0.3 is 19.7 Å². The van der Waals surface area contributed by atoms with Gasteiger partial charge in [-0.05, 0) is 67.0 Å². The number of carboxylic acids is 1. The number of aliphatic carboxylic acids is 1. The zero-order valence-corrected chi connectivity index (χ0v) is 19.2. The molecule has 0 aliphatic heterocycles. The second-order valence-electron chi connectivity index (χ2n) is 7.36. The molecule has 2 aromatic heterocycles. The monoisotopic (exact) mass is 453 g/mol. The van der Waals surface area contributed by atoms with E-state index >= 15 is 0 Å². The molecule has 8 heteroatoms. The normalized spacial score (nSPS) is 11.7. The Kier molecular flexibility index (Phi) is 7.94. The molecule has 0 saturated heterocycles. The summed E-state index contributed by atoms with van der Waals surface area (Å²) in [6, 6.07) is 13.9. The highest BCUT2D eigenvalue weighted by atomic mass is 32.2. The molecule has 0 aliphatic rings. The number of ketones is 1. The number of methoxy groups -OCH3 is 1. The molecule has 32 heavy (non-hydrogen) atoms. The highest BCUT2D eigenvalue weighted by molar-refractivity contribution is 7.98. The van der Waals surface area contributed by atoms with Gasteiger partial charge in [-0.15, -0.1) is 0 Å². The van der Waals surface area contributed by atoms with Crippen LogP contribution in [0.2, 0.25) is 0 Å². The van der Waals surface area contributed by atoms with Gasteiger partial charge in [-0.2, -0.15) is 11.8 Å². The molecule has 0 bridgehead atoms. The molecule has 3 rings (SSSR count). The van der Waals surface area contributed by atoms with Crippen LogP contribution in [0.3, 0.4) is 0 Å². The van der Waals surface area contributed by atoms with Crippen LogP contribution in [0.4, 0.5) is 5.69 Å². The van der Waals surface area contributed by atoms with Crippen molar-refractivity contribution in [1.82, 2.24) is 9.55 Å². The topological polar surface area (TPSA) is 93.4 Å². The van der Waals surface area contributed by atoms with E-state index in [2.05, 4.69) is 10.3 Å². The minimum Gasteiger partial charge on any atom is -0.497 e. The van der Waals surface area contributed by atoms with Crippen molar-refractivity contribution in [3.63, 3.8) is 0 Å². The zero-order chi connectivity index (χ0) is 23.1. The smallest absolute Gasteiger partial charge is 0.326 e. The molecule has 0 aliphatic carbocycles. The predicted octanol–water partition coefficient (Wildman–Crippen LogP) is 3.87. The number of nitrogens with zero attached hydrogens (tertiary/aromatic N) is 2. The lowest BCUT2D eigenvalue weighted by Gasteiger charge is -2.15. The standard InChI is InChI=1S/C24H27N3O4S/c1-27-19(8-11-22(27)23(28)16-4-9-20(31-2)10-5-16)14-17-6-7-18(15-25-17)26-21(24(29)30)12-13-32-3/h4-11,15,21,26H,12-14H2,1-3H3,(H,29,30). The van der Waals surface area contributed by atoms with Gasteiger partial charge in [0.15, 0.2) is 0 Å². The summed E-state index contributed by atoms with van der Waals surface area (Å²) in [7, 11) is 3.46. The Morgan fingerprint density at radius 3 is 2.50 bits per heavy atom. The van der Waals surface area contributed by atoms with Gasteiger partial charge in [0.25, 0.3) is 0 Å². The number of carbonyl (C=O) groups excluding carboxylic acids is 1. The summed E-state index contributed by atoms with van der Waals surface area (Å²) in [6.07, 6.45) is 4.69. The number of carboxylic acid groups (broad SMARTS) is 1. The maximum absolute atomic E-state index is 12.9. The maximum atomic E-state index is 12.9. The van der Waals surface area contributed by atoms with Gasteiger partial charge in [-0.1, -0.05) is 0 Å². The Hall–Kier alpha value is -3.26. The lowest BCUT2D eigenvalue weighted by molar-refractivity contribution is -0.137. The van der Waals surface area contributed by atoms with Gasteiger partial charge >= 0.3 is 5.97 Å². The summed E-state index contributed by atoms with van der Waals surface area (Å²) >= 11 is 1.62. The number of hydrogen-bond acceptors (Lipinski definition) is 6. The van der Waals surface area contributed by atoms with Gasteiger partial charge in [0.2, 0.25) is 5.78 Å². The molecule has 1 aromatic carbocycles. The van der Waals surface area contributed by atoms with Crippen molar-refractivity contribution in [3.8, 4) is 5.75 Å². The highest BCUT2D eigenvalue weighted by Crippen LogP contribution is 2.19. The third-order valence-corrected chi connectivity index (χ3v) is 5.89. The Balaban J connectivity index is 1.68. The number of pyridine rings is 1. The van der Waals surface area contributed by atoms with Crippen LogP contribution >= 0.6 is 11.8 Å². The first-order valence-corrected chi connectivity index (χ1v) is 11.6. The molecule has 0 amide bonds. The fourth-order valence-corrected chi connectivity index (χ4v) is 3.81. The van der Waals surface area contributed by atoms with Crippen molar-refractivity contribution in [2.75, 3.05) is 24.4 Å². The van der Waals surface area contributed by atoms with Crippen LogP contribution in [0.1, 0.15) is 33.9 Å². The van der Waals surface area contributed by atoms with Crippen LogP contribution in [-0.4, -0.2) is 51.6 Å². The van der Waals surface area contributed by atoms with Gasteiger partial charge in [-0.3, -0.25) is 9.78 Å². The first-order chi connectivity index (χ1) is 15.4. The molecule has 3 aromatic rings. The van der Waals surface area contributed by atoms with Crippen molar-refractivity contribution in [2.24, 2.45) is 7.05 Å². The molecular weight excluding hydrogens is 426 g/mol. The minimum absolute atomic E-state index is 0.0566. The van der Waals surface area contributed by atoms with E-state index < -0.39 is 12.0 Å². The predicted molar refractivity (Wildman–Crippen MR) is 127 cm³/mol. The number of aromatic nitrogens is 2. The first kappa shape index (κ1) is 23.4. The summed E-state index contributed by atoms with van der Waals surface area (Å²) in [4.78, 5) is 28.8. The number of hydrogen-bond donors (Lipinski definition) is 2. The van der Waals surface area contributed by atoms with Crippen LogP contribution in [0.15, 0.2) is 54.7 Å². The number of benzene rings is 1. The molecule has 0 spiro atoms. The molecule has 168 valence electrons. The molecule has 2 heterocycles. The Labute approximate surface area is 191 Å². The van der Waals surface area contributed by atoms with Crippen LogP contribution in [0.5, 0.6) is 5.75 Å². The van der Waals surface area contributed by atoms with E-state index in [1.807, 2.05) is 42.1 Å². The molecule has 0 radical (unpaired) electrons. The SMILES string of the molecule is COc1ccc(C(=O)c2ccc(Cc3ccc(NC(CCSC)C(=O)O)cn3)n2C)cc1. The third-order valence-electron chi connectivity index (χ3n) is 5.25. The molecular formula is C24H27N3O4S. The molecule has 0 fully saturated rings. The van der Waals surface area contributed by atoms with E-state index in [4.69, 9.17) is 4.74 Å². The van der Waals surface area contributed by atoms with Crippen LogP contribution in [0.25, 0.3) is 0 Å². The second kappa shape index (κ2) is 10.9. The number of rotatable bonds is 11. The number of carbonyl (C=O) groups is 2. The van der Waals surface area contributed by atoms with Gasteiger partial charge in [0.05, 0.1) is 24.7 Å². The Morgan fingerprint density at radius 1 is 1.16 bits per heavy atom. The Morgan fingerprint density at radius 2 is 1.91 bits per heavy atom. The van der Waals surface area contributed by atoms with E-state index in [0.717, 1.165) is 17.1 Å². The van der Waals surface area contributed by atoms with Crippen molar-refractivity contribution in [2.45, 2.75) is 18.9 Å². The summed E-state index contributed by atoms with van der Waals surface area (Å²) < 4.78 is 7.03. The van der Waals surface area contributed by atoms with Crippen molar-refractivity contribution in [1.29, 1.82) is 0 Å². The number of nitrogens with one attached hydrogen (secondary N) is 1. The van der Waals surface area contributed by atoms with Crippen molar-refractivity contribution >= 4 is 29.2 Å². The molecule has 1 atom stereocenters. The number of ether oxygens (including phenoxy) is 1. The fraction of sp³-hybridized carbons (Fsp3) is 0.292. The summed E-state index contributed by atoms with van der Waals surface area (Å²) in [5.41, 5.74) is 3.65. The van der Waals surface area contributed by atoms with E-state index in [1.54, 1.807) is 49.3 Å². The van der Waals surface area contributed by atoms with E-state index in [-0.39, 0.29) is 5.78 Å². The quantitative estimate of drug-likeness (QED) is 0.426. The molecule has 1 unspecified atom stereocenters. The van der Waals surface area contributed by atoms with Gasteiger partial charge in [0, 0.05) is 30.4 Å². The number of anilines is 1. The summed E-state index contributed by atoms with van der Waals surface area (Å²) in [5, 5.41) is 12.4. The van der Waals surface area contributed by atoms with E-state index in [1.165, 1.54) is 0 Å². The average Bonchev–Trinajstić information content (AvgIpc) is 3.17. The van der Waals surface area contributed by atoms with E-state index in [0.29, 0.717) is 35.5 Å². The second-order valence-corrected chi connectivity index (χ2v) is 8.34. The first-order valence-electron chi connectivity index (χ1n) is 10.2. The largest absolute Gasteiger partial charge is 0.497 e. The zero-order valence-electron chi connectivity index (χ0n) is 18.4. The molecule has 7 nitrogen and oxygen atoms in total. The van der Waals surface area contributed by atoms with Gasteiger partial charge in [-0.25, -0.2) is 4.79 Å². The lowest BCUT2D eigenvalue weighted by Crippen LogP contribution is -2.29. The summed E-state index contributed by atoms with van der Waals surface area (Å²) in [5.74, 6) is 0.539. The Bertz CT molecular complexity index is 1060. The van der Waals surface area contributed by atoms with Crippen LogP contribution in [-0.2, 0) is 18.3 Å². The molecule has 0 saturated carbocycles.